The van der Waals surface area contributed by atoms with E-state index in [9.17, 15) is 14.7 Å². The number of rotatable bonds is 5. The highest BCUT2D eigenvalue weighted by atomic mass is 16.5. The van der Waals surface area contributed by atoms with Gasteiger partial charge in [0.25, 0.3) is 6.01 Å². The Bertz CT molecular complexity index is 514. The monoisotopic (exact) mass is 284 g/mol. The number of nitrogens with one attached hydrogen (secondary N) is 1. The third-order valence-electron chi connectivity index (χ3n) is 3.23. The first kappa shape index (κ1) is 14.3. The summed E-state index contributed by atoms with van der Waals surface area (Å²) in [7, 11) is 0. The zero-order chi connectivity index (χ0) is 14.8. The molecule has 0 aromatic carbocycles. The number of oxazole rings is 1. The van der Waals surface area contributed by atoms with E-state index < -0.39 is 23.4 Å². The Hall–Kier alpha value is -2.09. The number of aromatic nitrogens is 1. The standard InChI is InChI=1S/C12H16N2O6/c1-3-19-9(15)7-4-20-11(13-7)14-8-5-18-6-12(8,2)10(16)17/h4,8H,3,5-6H2,1-2H3,(H,13,14)(H,16,17). The Labute approximate surface area is 115 Å². The molecule has 1 aliphatic rings. The number of hydrogen-bond acceptors (Lipinski definition) is 7. The van der Waals surface area contributed by atoms with Crippen LogP contribution in [0.15, 0.2) is 10.7 Å². The number of carbonyl (C=O) groups excluding carboxylic acids is 1. The summed E-state index contributed by atoms with van der Waals surface area (Å²) < 4.78 is 15.1. The Kier molecular flexibility index (Phi) is 3.93. The summed E-state index contributed by atoms with van der Waals surface area (Å²) in [4.78, 5) is 26.6. The fourth-order valence-corrected chi connectivity index (χ4v) is 1.87. The van der Waals surface area contributed by atoms with E-state index in [1.807, 2.05) is 0 Å². The Morgan fingerprint density at radius 1 is 1.65 bits per heavy atom. The summed E-state index contributed by atoms with van der Waals surface area (Å²) in [6.07, 6.45) is 1.16. The van der Waals surface area contributed by atoms with Crippen LogP contribution in [0, 0.1) is 5.41 Å². The van der Waals surface area contributed by atoms with Gasteiger partial charge in [0, 0.05) is 0 Å². The summed E-state index contributed by atoms with van der Waals surface area (Å²) >= 11 is 0. The largest absolute Gasteiger partial charge is 0.481 e. The molecular formula is C12H16N2O6. The molecule has 2 heterocycles. The van der Waals surface area contributed by atoms with Crippen molar-refractivity contribution < 1.29 is 28.6 Å². The highest BCUT2D eigenvalue weighted by molar-refractivity contribution is 5.87. The SMILES string of the molecule is CCOC(=O)c1coc(NC2COCC2(C)C(=O)O)n1. The molecule has 110 valence electrons. The average Bonchev–Trinajstić information content (AvgIpc) is 2.99. The van der Waals surface area contributed by atoms with Gasteiger partial charge in [0.2, 0.25) is 0 Å². The molecule has 8 nitrogen and oxygen atoms in total. The highest BCUT2D eigenvalue weighted by Crippen LogP contribution is 2.31. The number of hydrogen-bond donors (Lipinski definition) is 2. The van der Waals surface area contributed by atoms with Crippen LogP contribution in [0.2, 0.25) is 0 Å². The molecule has 1 aromatic heterocycles. The maximum absolute atomic E-state index is 11.4. The molecule has 8 heteroatoms. The summed E-state index contributed by atoms with van der Waals surface area (Å²) in [5.41, 5.74) is -1.04. The van der Waals surface area contributed by atoms with E-state index in [2.05, 4.69) is 10.3 Å². The van der Waals surface area contributed by atoms with Crippen molar-refractivity contribution >= 4 is 18.0 Å². The van der Waals surface area contributed by atoms with Crippen molar-refractivity contribution in [3.63, 3.8) is 0 Å². The lowest BCUT2D eigenvalue weighted by Gasteiger charge is -2.24. The van der Waals surface area contributed by atoms with Crippen LogP contribution >= 0.6 is 0 Å². The first-order valence-corrected chi connectivity index (χ1v) is 6.17. The molecule has 0 amide bonds. The van der Waals surface area contributed by atoms with E-state index in [0.29, 0.717) is 0 Å². The number of ether oxygens (including phenoxy) is 2. The van der Waals surface area contributed by atoms with E-state index in [1.54, 1.807) is 13.8 Å². The minimum absolute atomic E-state index is 0.0327. The molecule has 2 N–H and O–H groups in total. The molecule has 0 aliphatic carbocycles. The molecule has 0 spiro atoms. The molecule has 1 aliphatic heterocycles. The minimum atomic E-state index is -1.07. The van der Waals surface area contributed by atoms with Gasteiger partial charge in [-0.3, -0.25) is 4.79 Å². The Morgan fingerprint density at radius 2 is 2.40 bits per heavy atom. The number of esters is 1. The van der Waals surface area contributed by atoms with Crippen LogP contribution in [0.4, 0.5) is 6.01 Å². The van der Waals surface area contributed by atoms with Gasteiger partial charge in [-0.1, -0.05) is 0 Å². The maximum atomic E-state index is 11.4. The molecule has 1 aromatic rings. The zero-order valence-corrected chi connectivity index (χ0v) is 11.2. The summed E-state index contributed by atoms with van der Waals surface area (Å²) in [6, 6.07) is -0.426. The van der Waals surface area contributed by atoms with Crippen molar-refractivity contribution in [2.24, 2.45) is 5.41 Å². The zero-order valence-electron chi connectivity index (χ0n) is 11.2. The predicted molar refractivity (Wildman–Crippen MR) is 66.4 cm³/mol. The quantitative estimate of drug-likeness (QED) is 0.762. The number of aliphatic carboxylic acids is 1. The normalized spacial score (nSPS) is 25.4. The van der Waals surface area contributed by atoms with Gasteiger partial charge < -0.3 is 24.3 Å². The lowest BCUT2D eigenvalue weighted by atomic mass is 9.85. The molecule has 0 bridgehead atoms. The molecule has 1 fully saturated rings. The van der Waals surface area contributed by atoms with Crippen LogP contribution in [-0.2, 0) is 14.3 Å². The second-order valence-electron chi connectivity index (χ2n) is 4.69. The fourth-order valence-electron chi connectivity index (χ4n) is 1.87. The number of carbonyl (C=O) groups is 2. The second kappa shape index (κ2) is 5.49. The Balaban J connectivity index is 2.07. The summed E-state index contributed by atoms with van der Waals surface area (Å²) in [5.74, 6) is -1.56. The van der Waals surface area contributed by atoms with Crippen LogP contribution in [0.1, 0.15) is 24.3 Å². The number of nitrogens with zero attached hydrogens (tertiary/aromatic N) is 1. The van der Waals surface area contributed by atoms with Crippen molar-refractivity contribution in [1.29, 1.82) is 0 Å². The van der Waals surface area contributed by atoms with Crippen LogP contribution in [-0.4, -0.2) is 47.9 Å². The van der Waals surface area contributed by atoms with Gasteiger partial charge in [-0.25, -0.2) is 4.79 Å². The van der Waals surface area contributed by atoms with Gasteiger partial charge in [-0.15, -0.1) is 0 Å². The molecular weight excluding hydrogens is 268 g/mol. The second-order valence-corrected chi connectivity index (χ2v) is 4.69. The summed E-state index contributed by atoms with van der Waals surface area (Å²) in [6.45, 7) is 3.83. The van der Waals surface area contributed by atoms with Crippen LogP contribution in [0.25, 0.3) is 0 Å². The van der Waals surface area contributed by atoms with E-state index >= 15 is 0 Å². The van der Waals surface area contributed by atoms with Gasteiger partial charge in [0.05, 0.1) is 25.9 Å². The first-order chi connectivity index (χ1) is 9.47. The van der Waals surface area contributed by atoms with Gasteiger partial charge in [-0.2, -0.15) is 4.98 Å². The lowest BCUT2D eigenvalue weighted by Crippen LogP contribution is -2.43. The van der Waals surface area contributed by atoms with Gasteiger partial charge in [0.1, 0.15) is 11.7 Å². The van der Waals surface area contributed by atoms with Crippen molar-refractivity contribution in [2.75, 3.05) is 25.1 Å². The smallest absolute Gasteiger partial charge is 0.360 e. The topological polar surface area (TPSA) is 111 Å². The Morgan fingerprint density at radius 3 is 3.05 bits per heavy atom. The third-order valence-corrected chi connectivity index (χ3v) is 3.23. The van der Waals surface area contributed by atoms with Gasteiger partial charge >= 0.3 is 11.9 Å². The van der Waals surface area contributed by atoms with Crippen molar-refractivity contribution in [3.05, 3.63) is 12.0 Å². The number of anilines is 1. The average molecular weight is 284 g/mol. The van der Waals surface area contributed by atoms with E-state index in [4.69, 9.17) is 13.9 Å². The molecule has 2 atom stereocenters. The first-order valence-electron chi connectivity index (χ1n) is 6.17. The predicted octanol–water partition coefficient (Wildman–Crippen LogP) is 0.753. The molecule has 2 rings (SSSR count). The van der Waals surface area contributed by atoms with Gasteiger partial charge in [0.15, 0.2) is 5.69 Å². The van der Waals surface area contributed by atoms with Crippen molar-refractivity contribution in [3.8, 4) is 0 Å². The van der Waals surface area contributed by atoms with Crippen LogP contribution < -0.4 is 5.32 Å². The third kappa shape index (κ3) is 2.60. The van der Waals surface area contributed by atoms with E-state index in [1.165, 1.54) is 0 Å². The highest BCUT2D eigenvalue weighted by Gasteiger charge is 2.47. The summed E-state index contributed by atoms with van der Waals surface area (Å²) in [5, 5.41) is 12.1. The molecule has 2 unspecified atom stereocenters. The fraction of sp³-hybridized carbons (Fsp3) is 0.583. The molecule has 1 saturated heterocycles. The van der Waals surface area contributed by atoms with Crippen molar-refractivity contribution in [1.82, 2.24) is 4.98 Å². The van der Waals surface area contributed by atoms with E-state index in [-0.39, 0.29) is 31.5 Å². The van der Waals surface area contributed by atoms with Gasteiger partial charge in [-0.05, 0) is 13.8 Å². The van der Waals surface area contributed by atoms with Crippen molar-refractivity contribution in [2.45, 2.75) is 19.9 Å². The number of carboxylic acids is 1. The molecule has 20 heavy (non-hydrogen) atoms. The maximum Gasteiger partial charge on any atom is 0.360 e. The lowest BCUT2D eigenvalue weighted by molar-refractivity contribution is -0.148. The molecule has 0 radical (unpaired) electrons. The van der Waals surface area contributed by atoms with E-state index in [0.717, 1.165) is 6.26 Å². The van der Waals surface area contributed by atoms with Crippen LogP contribution in [0.3, 0.4) is 0 Å². The van der Waals surface area contributed by atoms with Crippen LogP contribution in [0.5, 0.6) is 0 Å². The molecule has 0 saturated carbocycles. The minimum Gasteiger partial charge on any atom is -0.481 e. The number of carboxylic acid groups (broad SMARTS) is 1.